The van der Waals surface area contributed by atoms with E-state index in [1.54, 1.807) is 18.2 Å². The predicted molar refractivity (Wildman–Crippen MR) is 79.8 cm³/mol. The Hall–Kier alpha value is -2.18. The zero-order chi connectivity index (χ0) is 16.1. The van der Waals surface area contributed by atoms with E-state index in [4.69, 9.17) is 11.6 Å². The number of rotatable bonds is 4. The van der Waals surface area contributed by atoms with E-state index in [1.807, 2.05) is 0 Å². The minimum atomic E-state index is -1.07. The Morgan fingerprint density at radius 2 is 2.00 bits per heavy atom. The third kappa shape index (κ3) is 4.16. The molecule has 3 N–H and O–H groups in total. The summed E-state index contributed by atoms with van der Waals surface area (Å²) in [5, 5.41) is 14.6. The van der Waals surface area contributed by atoms with Crippen LogP contribution >= 0.6 is 11.6 Å². The minimum Gasteiger partial charge on any atom is -0.394 e. The van der Waals surface area contributed by atoms with Crippen molar-refractivity contribution in [2.24, 2.45) is 0 Å². The van der Waals surface area contributed by atoms with Gasteiger partial charge >= 0.3 is 6.03 Å². The second-order valence-electron chi connectivity index (χ2n) is 4.51. The van der Waals surface area contributed by atoms with Crippen LogP contribution in [0.15, 0.2) is 42.5 Å². The lowest BCUT2D eigenvalue weighted by atomic mass is 10.1. The molecule has 2 aromatic carbocycles. The van der Waals surface area contributed by atoms with Crippen LogP contribution in [0.4, 0.5) is 19.3 Å². The fourth-order valence-electron chi connectivity index (χ4n) is 1.90. The highest BCUT2D eigenvalue weighted by Gasteiger charge is 2.18. The Balaban J connectivity index is 2.09. The van der Waals surface area contributed by atoms with Gasteiger partial charge in [-0.1, -0.05) is 17.7 Å². The van der Waals surface area contributed by atoms with Crippen LogP contribution in [0.5, 0.6) is 0 Å². The molecule has 0 radical (unpaired) electrons. The van der Waals surface area contributed by atoms with Gasteiger partial charge in [0, 0.05) is 16.3 Å². The summed E-state index contributed by atoms with van der Waals surface area (Å²) in [5.74, 6) is -1.38. The van der Waals surface area contributed by atoms with Crippen LogP contribution in [-0.4, -0.2) is 17.7 Å². The van der Waals surface area contributed by atoms with Gasteiger partial charge in [-0.05, 0) is 36.4 Å². The molecular formula is C15H13ClF2N2O2. The summed E-state index contributed by atoms with van der Waals surface area (Å²) in [5.41, 5.74) is 0.296. The molecular weight excluding hydrogens is 314 g/mol. The van der Waals surface area contributed by atoms with Crippen molar-refractivity contribution in [1.29, 1.82) is 0 Å². The van der Waals surface area contributed by atoms with Gasteiger partial charge < -0.3 is 15.7 Å². The molecule has 116 valence electrons. The fraction of sp³-hybridized carbons (Fsp3) is 0.133. The summed E-state index contributed by atoms with van der Waals surface area (Å²) in [4.78, 5) is 11.9. The number of hydrogen-bond donors (Lipinski definition) is 3. The molecule has 0 unspecified atom stereocenters. The molecule has 0 fully saturated rings. The molecule has 0 aliphatic carbocycles. The van der Waals surface area contributed by atoms with Gasteiger partial charge in [0.05, 0.1) is 12.6 Å². The van der Waals surface area contributed by atoms with Crippen LogP contribution in [0.2, 0.25) is 5.02 Å². The second-order valence-corrected chi connectivity index (χ2v) is 4.95. The lowest BCUT2D eigenvalue weighted by molar-refractivity contribution is 0.223. The van der Waals surface area contributed by atoms with Crippen LogP contribution in [0.3, 0.4) is 0 Å². The first kappa shape index (κ1) is 16.2. The first-order valence-electron chi connectivity index (χ1n) is 6.38. The Bertz CT molecular complexity index is 682. The number of urea groups is 1. The van der Waals surface area contributed by atoms with Crippen LogP contribution in [0, 0.1) is 11.6 Å². The van der Waals surface area contributed by atoms with Crippen molar-refractivity contribution in [3.05, 3.63) is 64.7 Å². The van der Waals surface area contributed by atoms with E-state index in [9.17, 15) is 18.7 Å². The number of carbonyl (C=O) groups is 1. The van der Waals surface area contributed by atoms with Gasteiger partial charge in [0.1, 0.15) is 11.6 Å². The summed E-state index contributed by atoms with van der Waals surface area (Å²) >= 11 is 5.79. The molecule has 0 spiro atoms. The van der Waals surface area contributed by atoms with Crippen molar-refractivity contribution in [1.82, 2.24) is 5.32 Å². The summed E-state index contributed by atoms with van der Waals surface area (Å²) in [6, 6.07) is 7.50. The van der Waals surface area contributed by atoms with Gasteiger partial charge in [0.15, 0.2) is 0 Å². The van der Waals surface area contributed by atoms with E-state index >= 15 is 0 Å². The van der Waals surface area contributed by atoms with Crippen LogP contribution < -0.4 is 10.6 Å². The molecule has 1 atom stereocenters. The average Bonchev–Trinajstić information content (AvgIpc) is 2.47. The van der Waals surface area contributed by atoms with Gasteiger partial charge in [-0.25, -0.2) is 13.6 Å². The number of benzene rings is 2. The van der Waals surface area contributed by atoms with Gasteiger partial charge in [0.25, 0.3) is 0 Å². The molecule has 0 aliphatic rings. The zero-order valence-corrected chi connectivity index (χ0v) is 12.1. The third-order valence-electron chi connectivity index (χ3n) is 2.90. The molecule has 7 heteroatoms. The normalized spacial score (nSPS) is 11.8. The Kier molecular flexibility index (Phi) is 5.30. The van der Waals surface area contributed by atoms with Crippen molar-refractivity contribution in [2.45, 2.75) is 6.04 Å². The van der Waals surface area contributed by atoms with E-state index in [1.165, 1.54) is 6.07 Å². The molecule has 2 rings (SSSR count). The van der Waals surface area contributed by atoms with E-state index in [0.29, 0.717) is 10.7 Å². The summed E-state index contributed by atoms with van der Waals surface area (Å²) in [7, 11) is 0. The van der Waals surface area contributed by atoms with E-state index in [0.717, 1.165) is 18.2 Å². The Labute approximate surface area is 130 Å². The Morgan fingerprint density at radius 1 is 1.23 bits per heavy atom. The van der Waals surface area contributed by atoms with Crippen LogP contribution in [-0.2, 0) is 0 Å². The first-order valence-corrected chi connectivity index (χ1v) is 6.76. The maximum Gasteiger partial charge on any atom is 0.319 e. The topological polar surface area (TPSA) is 61.4 Å². The average molecular weight is 327 g/mol. The second kappa shape index (κ2) is 7.20. The fourth-order valence-corrected chi connectivity index (χ4v) is 2.09. The van der Waals surface area contributed by atoms with Crippen molar-refractivity contribution < 1.29 is 18.7 Å². The molecule has 0 saturated carbocycles. The predicted octanol–water partition coefficient (Wildman–Crippen LogP) is 3.47. The molecule has 0 aliphatic heterocycles. The van der Waals surface area contributed by atoms with Gasteiger partial charge in [-0.3, -0.25) is 0 Å². The van der Waals surface area contributed by atoms with Gasteiger partial charge in [-0.15, -0.1) is 0 Å². The molecule has 2 amide bonds. The zero-order valence-electron chi connectivity index (χ0n) is 11.3. The van der Waals surface area contributed by atoms with Crippen molar-refractivity contribution in [3.63, 3.8) is 0 Å². The summed E-state index contributed by atoms with van der Waals surface area (Å²) in [6.45, 7) is -0.580. The van der Waals surface area contributed by atoms with Crippen molar-refractivity contribution in [2.75, 3.05) is 11.9 Å². The highest BCUT2D eigenvalue weighted by Crippen LogP contribution is 2.19. The lowest BCUT2D eigenvalue weighted by Crippen LogP contribution is -2.34. The quantitative estimate of drug-likeness (QED) is 0.805. The van der Waals surface area contributed by atoms with Crippen LogP contribution in [0.1, 0.15) is 11.6 Å². The largest absolute Gasteiger partial charge is 0.394 e. The summed E-state index contributed by atoms with van der Waals surface area (Å²) < 4.78 is 26.9. The van der Waals surface area contributed by atoms with Gasteiger partial charge in [-0.2, -0.15) is 0 Å². The van der Waals surface area contributed by atoms with Crippen LogP contribution in [0.25, 0.3) is 0 Å². The number of aliphatic hydroxyl groups excluding tert-OH is 1. The van der Waals surface area contributed by atoms with E-state index in [2.05, 4.69) is 10.6 Å². The standard InChI is InChI=1S/C15H13ClF2N2O2/c16-9-2-1-3-11(6-9)19-15(22)20-14(8-21)12-7-10(17)4-5-13(12)18/h1-7,14,21H,8H2,(H2,19,20,22)/t14-/m0/s1. The van der Waals surface area contributed by atoms with E-state index < -0.39 is 30.3 Å². The third-order valence-corrected chi connectivity index (χ3v) is 3.14. The number of anilines is 1. The SMILES string of the molecule is O=C(Nc1cccc(Cl)c1)N[C@@H](CO)c1cc(F)ccc1F. The monoisotopic (exact) mass is 326 g/mol. The highest BCUT2D eigenvalue weighted by atomic mass is 35.5. The van der Waals surface area contributed by atoms with E-state index in [-0.39, 0.29) is 5.56 Å². The Morgan fingerprint density at radius 3 is 2.68 bits per heavy atom. The minimum absolute atomic E-state index is 0.135. The molecule has 4 nitrogen and oxygen atoms in total. The van der Waals surface area contributed by atoms with Gasteiger partial charge in [0.2, 0.25) is 0 Å². The summed E-state index contributed by atoms with van der Waals surface area (Å²) in [6.07, 6.45) is 0. The molecule has 0 bridgehead atoms. The molecule has 0 heterocycles. The molecule has 0 aromatic heterocycles. The number of carbonyl (C=O) groups excluding carboxylic acids is 1. The number of aliphatic hydroxyl groups is 1. The molecule has 0 saturated heterocycles. The number of amides is 2. The van der Waals surface area contributed by atoms with Crippen molar-refractivity contribution >= 4 is 23.3 Å². The maximum atomic E-state index is 13.7. The number of nitrogens with one attached hydrogen (secondary N) is 2. The smallest absolute Gasteiger partial charge is 0.319 e. The lowest BCUT2D eigenvalue weighted by Gasteiger charge is -2.18. The van der Waals surface area contributed by atoms with Crippen molar-refractivity contribution in [3.8, 4) is 0 Å². The maximum absolute atomic E-state index is 13.7. The highest BCUT2D eigenvalue weighted by molar-refractivity contribution is 6.30. The number of halogens is 3. The first-order chi connectivity index (χ1) is 10.5. The molecule has 2 aromatic rings. The number of hydrogen-bond acceptors (Lipinski definition) is 2. The molecule has 22 heavy (non-hydrogen) atoms.